The molecule has 2 N–H and O–H groups in total. The second-order valence-electron chi connectivity index (χ2n) is 5.49. The number of nitrogens with zero attached hydrogens (tertiary/aromatic N) is 2. The number of nitrogens with one attached hydrogen (secondary N) is 1. The van der Waals surface area contributed by atoms with Gasteiger partial charge in [0.15, 0.2) is 0 Å². The van der Waals surface area contributed by atoms with Crippen molar-refractivity contribution in [1.29, 1.82) is 0 Å². The molecule has 6 heteroatoms. The summed E-state index contributed by atoms with van der Waals surface area (Å²) in [6.45, 7) is 3.24. The third-order valence-corrected chi connectivity index (χ3v) is 4.44. The highest BCUT2D eigenvalue weighted by Gasteiger charge is 2.44. The quantitative estimate of drug-likeness (QED) is 0.723. The van der Waals surface area contributed by atoms with E-state index in [1.165, 1.54) is 0 Å². The number of hydrogen-bond donors (Lipinski definition) is 2. The summed E-state index contributed by atoms with van der Waals surface area (Å²) in [7, 11) is 0. The van der Waals surface area contributed by atoms with E-state index in [9.17, 15) is 9.59 Å². The number of hydrogen-bond acceptors (Lipinski definition) is 3. The summed E-state index contributed by atoms with van der Waals surface area (Å²) in [4.78, 5) is 27.1. The summed E-state index contributed by atoms with van der Waals surface area (Å²) in [5, 5.41) is 12.3. The van der Waals surface area contributed by atoms with Crippen molar-refractivity contribution in [3.63, 3.8) is 0 Å². The molecule has 100 valence electrons. The smallest absolute Gasteiger partial charge is 0.320 e. The molecule has 1 saturated carbocycles. The van der Waals surface area contributed by atoms with Gasteiger partial charge in [0, 0.05) is 32.2 Å². The molecule has 0 radical (unpaired) electrons. The standard InChI is InChI=1S/C12H19N3O3/c16-11(17)8-1-2-9(5-8)15-7-10-6-13-3-4-14(10)12(15)18/h8-10,13H,1-7H2,(H,16,17)/t8-,9-,10+/m1/s1. The van der Waals surface area contributed by atoms with Gasteiger partial charge in [-0.25, -0.2) is 4.79 Å². The molecule has 2 heterocycles. The predicted octanol–water partition coefficient (Wildman–Crippen LogP) is -0.0509. The highest BCUT2D eigenvalue weighted by molar-refractivity contribution is 5.78. The minimum atomic E-state index is -0.719. The number of amides is 2. The molecule has 3 aliphatic rings. The summed E-state index contributed by atoms with van der Waals surface area (Å²) in [5.41, 5.74) is 0. The van der Waals surface area contributed by atoms with E-state index in [1.54, 1.807) is 0 Å². The highest BCUT2D eigenvalue weighted by atomic mass is 16.4. The first-order chi connectivity index (χ1) is 8.66. The maximum atomic E-state index is 12.3. The number of aliphatic carboxylic acids is 1. The molecule has 3 atom stereocenters. The van der Waals surface area contributed by atoms with Crippen LogP contribution in [0.25, 0.3) is 0 Å². The molecule has 3 fully saturated rings. The summed E-state index contributed by atoms with van der Waals surface area (Å²) < 4.78 is 0. The molecule has 1 aliphatic carbocycles. The van der Waals surface area contributed by atoms with Gasteiger partial charge in [-0.15, -0.1) is 0 Å². The zero-order valence-electron chi connectivity index (χ0n) is 10.3. The van der Waals surface area contributed by atoms with E-state index in [0.717, 1.165) is 32.6 Å². The van der Waals surface area contributed by atoms with E-state index in [4.69, 9.17) is 5.11 Å². The van der Waals surface area contributed by atoms with Crippen LogP contribution in [0.5, 0.6) is 0 Å². The number of rotatable bonds is 2. The van der Waals surface area contributed by atoms with Crippen LogP contribution in [0.2, 0.25) is 0 Å². The van der Waals surface area contributed by atoms with Gasteiger partial charge in [-0.1, -0.05) is 0 Å². The number of piperazine rings is 1. The molecule has 3 rings (SSSR count). The normalized spacial score (nSPS) is 36.0. The van der Waals surface area contributed by atoms with Crippen molar-refractivity contribution in [2.45, 2.75) is 31.3 Å². The first-order valence-electron chi connectivity index (χ1n) is 6.67. The number of urea groups is 1. The van der Waals surface area contributed by atoms with Gasteiger partial charge >= 0.3 is 12.0 Å². The fourth-order valence-electron chi connectivity index (χ4n) is 3.42. The van der Waals surface area contributed by atoms with E-state index in [2.05, 4.69) is 5.32 Å². The van der Waals surface area contributed by atoms with Crippen molar-refractivity contribution < 1.29 is 14.7 Å². The zero-order chi connectivity index (χ0) is 12.7. The fraction of sp³-hybridized carbons (Fsp3) is 0.833. The molecular weight excluding hydrogens is 234 g/mol. The van der Waals surface area contributed by atoms with Crippen molar-refractivity contribution in [1.82, 2.24) is 15.1 Å². The monoisotopic (exact) mass is 253 g/mol. The predicted molar refractivity (Wildman–Crippen MR) is 64.2 cm³/mol. The van der Waals surface area contributed by atoms with Crippen molar-refractivity contribution in [2.24, 2.45) is 5.92 Å². The van der Waals surface area contributed by atoms with Gasteiger partial charge < -0.3 is 20.2 Å². The van der Waals surface area contributed by atoms with Crippen LogP contribution >= 0.6 is 0 Å². The lowest BCUT2D eigenvalue weighted by Gasteiger charge is -2.28. The molecule has 0 spiro atoms. The average molecular weight is 253 g/mol. The molecule has 0 unspecified atom stereocenters. The van der Waals surface area contributed by atoms with Crippen LogP contribution in [0.1, 0.15) is 19.3 Å². The Balaban J connectivity index is 1.67. The molecule has 6 nitrogen and oxygen atoms in total. The van der Waals surface area contributed by atoms with Crippen LogP contribution in [0.4, 0.5) is 4.79 Å². The first kappa shape index (κ1) is 11.8. The van der Waals surface area contributed by atoms with Crippen LogP contribution in [0.15, 0.2) is 0 Å². The van der Waals surface area contributed by atoms with Crippen molar-refractivity contribution in [2.75, 3.05) is 26.2 Å². The Bertz CT molecular complexity index is 374. The Labute approximate surface area is 106 Å². The number of carbonyl (C=O) groups excluding carboxylic acids is 1. The summed E-state index contributed by atoms with van der Waals surface area (Å²) in [6.07, 6.45) is 2.15. The molecule has 2 amide bonds. The number of carbonyl (C=O) groups is 2. The molecule has 2 aliphatic heterocycles. The lowest BCUT2D eigenvalue weighted by Crippen LogP contribution is -2.50. The van der Waals surface area contributed by atoms with Gasteiger partial charge in [-0.3, -0.25) is 4.79 Å². The number of carboxylic acid groups (broad SMARTS) is 1. The molecular formula is C12H19N3O3. The van der Waals surface area contributed by atoms with Crippen LogP contribution in [-0.2, 0) is 4.79 Å². The van der Waals surface area contributed by atoms with Crippen molar-refractivity contribution in [3.05, 3.63) is 0 Å². The Morgan fingerprint density at radius 3 is 2.78 bits per heavy atom. The number of carboxylic acids is 1. The molecule has 0 aromatic heterocycles. The fourth-order valence-corrected chi connectivity index (χ4v) is 3.42. The van der Waals surface area contributed by atoms with Gasteiger partial charge in [-0.2, -0.15) is 0 Å². The van der Waals surface area contributed by atoms with Gasteiger partial charge in [0.2, 0.25) is 0 Å². The maximum Gasteiger partial charge on any atom is 0.320 e. The highest BCUT2D eigenvalue weighted by Crippen LogP contribution is 2.32. The Morgan fingerprint density at radius 1 is 1.28 bits per heavy atom. The molecule has 0 aromatic rings. The number of fused-ring (bicyclic) bond motifs is 1. The SMILES string of the molecule is O=C(O)[C@@H]1CC[C@@H](N2C[C@@H]3CNCCN3C2=O)C1. The largest absolute Gasteiger partial charge is 0.481 e. The third-order valence-electron chi connectivity index (χ3n) is 4.44. The van der Waals surface area contributed by atoms with Crippen LogP contribution in [0.3, 0.4) is 0 Å². The minimum Gasteiger partial charge on any atom is -0.481 e. The Hall–Kier alpha value is -1.30. The van der Waals surface area contributed by atoms with Crippen LogP contribution in [0, 0.1) is 5.92 Å². The topological polar surface area (TPSA) is 72.9 Å². The second-order valence-corrected chi connectivity index (χ2v) is 5.49. The van der Waals surface area contributed by atoms with Gasteiger partial charge in [0.25, 0.3) is 0 Å². The van der Waals surface area contributed by atoms with Crippen molar-refractivity contribution >= 4 is 12.0 Å². The van der Waals surface area contributed by atoms with E-state index in [-0.39, 0.29) is 24.0 Å². The Morgan fingerprint density at radius 2 is 2.11 bits per heavy atom. The zero-order valence-corrected chi connectivity index (χ0v) is 10.3. The van der Waals surface area contributed by atoms with Crippen molar-refractivity contribution in [3.8, 4) is 0 Å². The maximum absolute atomic E-state index is 12.3. The van der Waals surface area contributed by atoms with Crippen LogP contribution in [-0.4, -0.2) is 65.2 Å². The molecule has 0 bridgehead atoms. The van der Waals surface area contributed by atoms with E-state index < -0.39 is 5.97 Å². The minimum absolute atomic E-state index is 0.109. The molecule has 18 heavy (non-hydrogen) atoms. The molecule has 2 saturated heterocycles. The van der Waals surface area contributed by atoms with E-state index in [1.807, 2.05) is 9.80 Å². The average Bonchev–Trinajstić information content (AvgIpc) is 2.95. The summed E-state index contributed by atoms with van der Waals surface area (Å²) >= 11 is 0. The summed E-state index contributed by atoms with van der Waals surface area (Å²) in [6, 6.07) is 0.511. The lowest BCUT2D eigenvalue weighted by molar-refractivity contribution is -0.141. The van der Waals surface area contributed by atoms with E-state index >= 15 is 0 Å². The van der Waals surface area contributed by atoms with Gasteiger partial charge in [0.05, 0.1) is 12.0 Å². The lowest BCUT2D eigenvalue weighted by atomic mass is 10.1. The third kappa shape index (κ3) is 1.84. The van der Waals surface area contributed by atoms with Gasteiger partial charge in [-0.05, 0) is 19.3 Å². The molecule has 0 aromatic carbocycles. The first-order valence-corrected chi connectivity index (χ1v) is 6.67. The van der Waals surface area contributed by atoms with Gasteiger partial charge in [0.1, 0.15) is 0 Å². The second kappa shape index (κ2) is 4.42. The van der Waals surface area contributed by atoms with E-state index in [0.29, 0.717) is 12.8 Å². The van der Waals surface area contributed by atoms with Crippen LogP contribution < -0.4 is 5.32 Å². The Kier molecular flexibility index (Phi) is 2.89. The summed E-state index contributed by atoms with van der Waals surface area (Å²) in [5.74, 6) is -0.984.